The zero-order valence-corrected chi connectivity index (χ0v) is 10.2. The summed E-state index contributed by atoms with van der Waals surface area (Å²) >= 11 is 0. The molecule has 1 aliphatic heterocycles. The molecule has 2 heterocycles. The van der Waals surface area contributed by atoms with E-state index in [-0.39, 0.29) is 6.04 Å². The normalized spacial score (nSPS) is 19.7. The van der Waals surface area contributed by atoms with Gasteiger partial charge in [-0.3, -0.25) is 0 Å². The van der Waals surface area contributed by atoms with Gasteiger partial charge in [-0.1, -0.05) is 0 Å². The van der Waals surface area contributed by atoms with E-state index in [0.717, 1.165) is 17.8 Å². The number of nitrogens with one attached hydrogen (secondary N) is 1. The Morgan fingerprint density at radius 2 is 2.00 bits per heavy atom. The molecule has 0 fully saturated rings. The van der Waals surface area contributed by atoms with Crippen LogP contribution in [0.5, 0.6) is 0 Å². The van der Waals surface area contributed by atoms with Crippen molar-refractivity contribution < 1.29 is 17.6 Å². The van der Waals surface area contributed by atoms with Gasteiger partial charge in [-0.05, 0) is 25.1 Å². The number of benzene rings is 1. The van der Waals surface area contributed by atoms with E-state index in [4.69, 9.17) is 0 Å². The van der Waals surface area contributed by atoms with E-state index in [1.165, 1.54) is 0 Å². The van der Waals surface area contributed by atoms with Crippen molar-refractivity contribution in [3.8, 4) is 0 Å². The molecular weight excluding hydrogens is 260 g/mol. The average molecular weight is 272 g/mol. The zero-order chi connectivity index (χ0) is 13.8. The number of hydrogen-bond acceptors (Lipinski definition) is 1. The number of fused-ring (bicyclic) bond motifs is 3. The van der Waals surface area contributed by atoms with Crippen molar-refractivity contribution in [1.29, 1.82) is 0 Å². The Kier molecular flexibility index (Phi) is 2.60. The second-order valence-electron chi connectivity index (χ2n) is 4.79. The third-order valence-electron chi connectivity index (χ3n) is 3.56. The van der Waals surface area contributed by atoms with Gasteiger partial charge in [-0.15, -0.1) is 0 Å². The topological polar surface area (TPSA) is 17.0 Å². The van der Waals surface area contributed by atoms with Crippen LogP contribution in [0.15, 0.2) is 18.2 Å². The van der Waals surface area contributed by atoms with Crippen molar-refractivity contribution in [2.75, 3.05) is 6.54 Å². The van der Waals surface area contributed by atoms with E-state index in [2.05, 4.69) is 5.32 Å². The lowest BCUT2D eigenvalue weighted by atomic mass is 10.1. The minimum Gasteiger partial charge on any atom is -0.342 e. The molecule has 102 valence electrons. The van der Waals surface area contributed by atoms with Crippen molar-refractivity contribution in [2.24, 2.45) is 0 Å². The summed E-state index contributed by atoms with van der Waals surface area (Å²) in [6.07, 6.45) is -4.67. The third-order valence-corrected chi connectivity index (χ3v) is 3.56. The Labute approximate surface area is 107 Å². The molecule has 0 amide bonds. The van der Waals surface area contributed by atoms with Gasteiger partial charge in [0.05, 0.1) is 5.56 Å². The molecule has 6 heteroatoms. The van der Waals surface area contributed by atoms with E-state index in [0.29, 0.717) is 24.0 Å². The van der Waals surface area contributed by atoms with Gasteiger partial charge < -0.3 is 9.88 Å². The van der Waals surface area contributed by atoms with Crippen LogP contribution in [-0.2, 0) is 12.7 Å². The number of alkyl halides is 3. The first kappa shape index (κ1) is 12.5. The highest BCUT2D eigenvalue weighted by Crippen LogP contribution is 2.36. The standard InChI is InChI=1S/C13H12F4N2/c1-7-11-5-8-4-10(14)9(13(15,16)17)6-12(8)19(11)3-2-18-7/h4-7,18H,2-3H2,1H3. The van der Waals surface area contributed by atoms with Crippen LogP contribution in [0.25, 0.3) is 10.9 Å². The van der Waals surface area contributed by atoms with Crippen molar-refractivity contribution in [3.63, 3.8) is 0 Å². The molecule has 2 aromatic rings. The van der Waals surface area contributed by atoms with E-state index in [1.54, 1.807) is 6.07 Å². The highest BCUT2D eigenvalue weighted by molar-refractivity contribution is 5.82. The summed E-state index contributed by atoms with van der Waals surface area (Å²) in [7, 11) is 0. The molecule has 0 saturated carbocycles. The molecule has 0 bridgehead atoms. The van der Waals surface area contributed by atoms with Gasteiger partial charge in [0.25, 0.3) is 0 Å². The molecule has 1 aromatic carbocycles. The first-order valence-electron chi connectivity index (χ1n) is 6.01. The second kappa shape index (κ2) is 3.96. The van der Waals surface area contributed by atoms with Gasteiger partial charge in [-0.25, -0.2) is 4.39 Å². The van der Waals surface area contributed by atoms with Gasteiger partial charge in [0.1, 0.15) is 5.82 Å². The largest absolute Gasteiger partial charge is 0.419 e. The Morgan fingerprint density at radius 1 is 1.26 bits per heavy atom. The predicted octanol–water partition coefficient (Wildman–Crippen LogP) is 3.46. The average Bonchev–Trinajstić information content (AvgIpc) is 2.66. The smallest absolute Gasteiger partial charge is 0.342 e. The lowest BCUT2D eigenvalue weighted by Crippen LogP contribution is -2.31. The quantitative estimate of drug-likeness (QED) is 0.727. The van der Waals surface area contributed by atoms with Crippen LogP contribution in [0, 0.1) is 5.82 Å². The van der Waals surface area contributed by atoms with Crippen LogP contribution in [-0.4, -0.2) is 11.1 Å². The van der Waals surface area contributed by atoms with Crippen molar-refractivity contribution in [2.45, 2.75) is 25.7 Å². The minimum absolute atomic E-state index is 0.0542. The lowest BCUT2D eigenvalue weighted by molar-refractivity contribution is -0.139. The monoisotopic (exact) mass is 272 g/mol. The molecule has 3 rings (SSSR count). The fourth-order valence-corrected chi connectivity index (χ4v) is 2.63. The van der Waals surface area contributed by atoms with Crippen molar-refractivity contribution >= 4 is 10.9 Å². The molecule has 0 saturated heterocycles. The Hall–Kier alpha value is -1.56. The molecule has 1 N–H and O–H groups in total. The second-order valence-corrected chi connectivity index (χ2v) is 4.79. The maximum atomic E-state index is 13.5. The predicted molar refractivity (Wildman–Crippen MR) is 63.3 cm³/mol. The Bertz CT molecular complexity index is 642. The molecule has 0 radical (unpaired) electrons. The fourth-order valence-electron chi connectivity index (χ4n) is 2.63. The summed E-state index contributed by atoms with van der Waals surface area (Å²) in [5, 5.41) is 3.73. The third kappa shape index (κ3) is 1.90. The van der Waals surface area contributed by atoms with Gasteiger partial charge in [0.15, 0.2) is 0 Å². The summed E-state index contributed by atoms with van der Waals surface area (Å²) in [6.45, 7) is 3.22. The molecule has 0 spiro atoms. The van der Waals surface area contributed by atoms with E-state index in [1.807, 2.05) is 11.5 Å². The van der Waals surface area contributed by atoms with Crippen LogP contribution >= 0.6 is 0 Å². The van der Waals surface area contributed by atoms with Crippen LogP contribution in [0.3, 0.4) is 0 Å². The summed E-state index contributed by atoms with van der Waals surface area (Å²) in [5.41, 5.74) is 0.129. The summed E-state index contributed by atoms with van der Waals surface area (Å²) < 4.78 is 53.5. The SMILES string of the molecule is CC1NCCn2c1cc1cc(F)c(C(F)(F)F)cc12. The molecule has 1 atom stereocenters. The van der Waals surface area contributed by atoms with E-state index < -0.39 is 17.6 Å². The first-order chi connectivity index (χ1) is 8.88. The zero-order valence-electron chi connectivity index (χ0n) is 10.2. The molecule has 1 unspecified atom stereocenters. The fraction of sp³-hybridized carbons (Fsp3) is 0.385. The lowest BCUT2D eigenvalue weighted by Gasteiger charge is -2.23. The maximum Gasteiger partial charge on any atom is 0.419 e. The van der Waals surface area contributed by atoms with Gasteiger partial charge >= 0.3 is 6.18 Å². The van der Waals surface area contributed by atoms with Gasteiger partial charge in [0.2, 0.25) is 0 Å². The number of nitrogens with zero attached hydrogens (tertiary/aromatic N) is 1. The van der Waals surface area contributed by atoms with E-state index in [9.17, 15) is 17.6 Å². The van der Waals surface area contributed by atoms with Crippen LogP contribution in [0.1, 0.15) is 24.2 Å². The Balaban J connectivity index is 2.28. The number of rotatable bonds is 0. The molecule has 1 aliphatic rings. The Morgan fingerprint density at radius 3 is 2.68 bits per heavy atom. The van der Waals surface area contributed by atoms with Crippen LogP contribution in [0.4, 0.5) is 17.6 Å². The molecule has 19 heavy (non-hydrogen) atoms. The van der Waals surface area contributed by atoms with Gasteiger partial charge in [-0.2, -0.15) is 13.2 Å². The molecule has 0 aliphatic carbocycles. The molecular formula is C13H12F4N2. The van der Waals surface area contributed by atoms with Gasteiger partial charge in [0, 0.05) is 35.7 Å². The number of hydrogen-bond donors (Lipinski definition) is 1. The minimum atomic E-state index is -4.67. The summed E-state index contributed by atoms with van der Waals surface area (Å²) in [5.74, 6) is -1.22. The van der Waals surface area contributed by atoms with Crippen LogP contribution in [0.2, 0.25) is 0 Å². The maximum absolute atomic E-state index is 13.5. The van der Waals surface area contributed by atoms with Crippen molar-refractivity contribution in [3.05, 3.63) is 35.3 Å². The number of aromatic nitrogens is 1. The highest BCUT2D eigenvalue weighted by atomic mass is 19.4. The molecule has 2 nitrogen and oxygen atoms in total. The highest BCUT2D eigenvalue weighted by Gasteiger charge is 2.35. The number of halogens is 4. The summed E-state index contributed by atoms with van der Waals surface area (Å²) in [6, 6.07) is 3.68. The van der Waals surface area contributed by atoms with E-state index >= 15 is 0 Å². The van der Waals surface area contributed by atoms with Crippen LogP contribution < -0.4 is 5.32 Å². The summed E-state index contributed by atoms with van der Waals surface area (Å²) in [4.78, 5) is 0. The molecule has 1 aromatic heterocycles. The first-order valence-corrected chi connectivity index (χ1v) is 6.01. The van der Waals surface area contributed by atoms with Crippen molar-refractivity contribution in [1.82, 2.24) is 9.88 Å².